The summed E-state index contributed by atoms with van der Waals surface area (Å²) in [6, 6.07) is 4.29. The third kappa shape index (κ3) is 5.27. The van der Waals surface area contributed by atoms with Gasteiger partial charge in [0.25, 0.3) is 5.91 Å². The van der Waals surface area contributed by atoms with Crippen molar-refractivity contribution in [2.75, 3.05) is 26.5 Å². The van der Waals surface area contributed by atoms with Gasteiger partial charge in [0.2, 0.25) is 5.91 Å². The molecular weight excluding hydrogens is 301 g/mol. The van der Waals surface area contributed by atoms with E-state index in [1.165, 1.54) is 30.2 Å². The number of carbonyl (C=O) groups is 2. The molecule has 122 valence electrons. The fourth-order valence-corrected chi connectivity index (χ4v) is 1.67. The molecule has 8 heteroatoms. The molecule has 22 heavy (non-hydrogen) atoms. The Hall–Kier alpha value is -2.25. The third-order valence-electron chi connectivity index (χ3n) is 2.76. The summed E-state index contributed by atoms with van der Waals surface area (Å²) >= 11 is 0. The van der Waals surface area contributed by atoms with Crippen LogP contribution in [0.15, 0.2) is 18.2 Å². The Kier molecular flexibility index (Phi) is 5.78. The highest BCUT2D eigenvalue weighted by molar-refractivity contribution is 5.99. The molecule has 1 aromatic carbocycles. The maximum atomic E-state index is 12.1. The molecular formula is C14H17F3N2O3. The van der Waals surface area contributed by atoms with E-state index in [1.54, 1.807) is 14.1 Å². The smallest absolute Gasteiger partial charge is 0.389 e. The Labute approximate surface area is 126 Å². The van der Waals surface area contributed by atoms with Gasteiger partial charge in [-0.05, 0) is 18.2 Å². The zero-order chi connectivity index (χ0) is 16.9. The second kappa shape index (κ2) is 7.15. The highest BCUT2D eigenvalue weighted by atomic mass is 19.4. The topological polar surface area (TPSA) is 58.6 Å². The van der Waals surface area contributed by atoms with Crippen molar-refractivity contribution in [2.24, 2.45) is 0 Å². The van der Waals surface area contributed by atoms with Crippen LogP contribution in [-0.4, -0.2) is 44.1 Å². The first-order chi connectivity index (χ1) is 10.1. The molecule has 0 aliphatic rings. The van der Waals surface area contributed by atoms with E-state index in [-0.39, 0.29) is 17.2 Å². The zero-order valence-corrected chi connectivity index (χ0v) is 12.5. The molecule has 0 spiro atoms. The zero-order valence-electron chi connectivity index (χ0n) is 12.5. The van der Waals surface area contributed by atoms with Gasteiger partial charge in [-0.2, -0.15) is 13.2 Å². The van der Waals surface area contributed by atoms with Crippen molar-refractivity contribution in [2.45, 2.75) is 19.0 Å². The maximum absolute atomic E-state index is 12.1. The lowest BCUT2D eigenvalue weighted by atomic mass is 10.1. The van der Waals surface area contributed by atoms with Crippen molar-refractivity contribution in [3.05, 3.63) is 23.8 Å². The highest BCUT2D eigenvalue weighted by Gasteiger charge is 2.28. The van der Waals surface area contributed by atoms with E-state index < -0.39 is 24.9 Å². The number of halogens is 3. The molecule has 0 saturated heterocycles. The maximum Gasteiger partial charge on any atom is 0.389 e. The molecule has 0 saturated carbocycles. The fourth-order valence-electron chi connectivity index (χ4n) is 1.67. The average Bonchev–Trinajstić information content (AvgIpc) is 2.43. The number of methoxy groups -OCH3 is 1. The van der Waals surface area contributed by atoms with Crippen molar-refractivity contribution >= 4 is 17.5 Å². The molecule has 0 atom stereocenters. The van der Waals surface area contributed by atoms with Crippen LogP contribution in [-0.2, 0) is 4.79 Å². The van der Waals surface area contributed by atoms with Crippen LogP contribution in [0, 0.1) is 0 Å². The molecule has 1 N–H and O–H groups in total. The van der Waals surface area contributed by atoms with E-state index in [9.17, 15) is 22.8 Å². The molecule has 0 fully saturated rings. The van der Waals surface area contributed by atoms with Crippen LogP contribution in [0.2, 0.25) is 0 Å². The van der Waals surface area contributed by atoms with Gasteiger partial charge in [0, 0.05) is 26.2 Å². The third-order valence-corrected chi connectivity index (χ3v) is 2.76. The van der Waals surface area contributed by atoms with E-state index in [4.69, 9.17) is 4.74 Å². The number of benzene rings is 1. The Morgan fingerprint density at radius 1 is 1.27 bits per heavy atom. The van der Waals surface area contributed by atoms with E-state index >= 15 is 0 Å². The second-order valence-electron chi connectivity index (χ2n) is 4.78. The SMILES string of the molecule is COc1ccc(NC(=O)CCC(F)(F)F)cc1C(=O)N(C)C. The van der Waals surface area contributed by atoms with Crippen LogP contribution in [0.1, 0.15) is 23.2 Å². The number of hydrogen-bond donors (Lipinski definition) is 1. The number of nitrogens with one attached hydrogen (secondary N) is 1. The van der Waals surface area contributed by atoms with Crippen LogP contribution in [0.4, 0.5) is 18.9 Å². The Balaban J connectivity index is 2.86. The minimum absolute atomic E-state index is 0.209. The summed E-state index contributed by atoms with van der Waals surface area (Å²) in [5, 5.41) is 2.33. The van der Waals surface area contributed by atoms with E-state index in [0.717, 1.165) is 0 Å². The highest BCUT2D eigenvalue weighted by Crippen LogP contribution is 2.25. The summed E-state index contributed by atoms with van der Waals surface area (Å²) in [4.78, 5) is 24.8. The van der Waals surface area contributed by atoms with Gasteiger partial charge in [-0.25, -0.2) is 0 Å². The standard InChI is InChI=1S/C14H17F3N2O3/c1-19(2)13(21)10-8-9(4-5-11(10)22-3)18-12(20)6-7-14(15,16)17/h4-5,8H,6-7H2,1-3H3,(H,18,20). The van der Waals surface area contributed by atoms with Crippen molar-refractivity contribution in [3.63, 3.8) is 0 Å². The molecule has 0 radical (unpaired) electrons. The van der Waals surface area contributed by atoms with Crippen molar-refractivity contribution in [1.29, 1.82) is 0 Å². The molecule has 0 aliphatic carbocycles. The normalized spacial score (nSPS) is 11.0. The van der Waals surface area contributed by atoms with Crippen LogP contribution >= 0.6 is 0 Å². The summed E-state index contributed by atoms with van der Waals surface area (Å²) < 4.78 is 41.3. The Morgan fingerprint density at radius 2 is 1.91 bits per heavy atom. The lowest BCUT2D eigenvalue weighted by Crippen LogP contribution is -2.23. The molecule has 0 bridgehead atoms. The summed E-state index contributed by atoms with van der Waals surface area (Å²) in [5.74, 6) is -0.805. The van der Waals surface area contributed by atoms with Crippen molar-refractivity contribution in [3.8, 4) is 5.75 Å². The number of carbonyl (C=O) groups excluding carboxylic acids is 2. The quantitative estimate of drug-likeness (QED) is 0.908. The van der Waals surface area contributed by atoms with Gasteiger partial charge < -0.3 is 15.0 Å². The van der Waals surface area contributed by atoms with Crippen molar-refractivity contribution in [1.82, 2.24) is 4.90 Å². The first-order valence-electron chi connectivity index (χ1n) is 6.40. The van der Waals surface area contributed by atoms with Gasteiger partial charge in [-0.3, -0.25) is 9.59 Å². The molecule has 1 aromatic rings. The predicted octanol–water partition coefficient (Wildman–Crippen LogP) is 2.68. The minimum Gasteiger partial charge on any atom is -0.496 e. The first-order valence-corrected chi connectivity index (χ1v) is 6.40. The van der Waals surface area contributed by atoms with Crippen LogP contribution in [0.3, 0.4) is 0 Å². The second-order valence-corrected chi connectivity index (χ2v) is 4.78. The van der Waals surface area contributed by atoms with E-state index in [2.05, 4.69) is 5.32 Å². The van der Waals surface area contributed by atoms with Crippen LogP contribution in [0.5, 0.6) is 5.75 Å². The van der Waals surface area contributed by atoms with Gasteiger partial charge in [0.1, 0.15) is 5.75 Å². The van der Waals surface area contributed by atoms with Crippen LogP contribution < -0.4 is 10.1 Å². The summed E-state index contributed by atoms with van der Waals surface area (Å²) in [6.07, 6.45) is -6.26. The lowest BCUT2D eigenvalue weighted by molar-refractivity contribution is -0.142. The van der Waals surface area contributed by atoms with Crippen LogP contribution in [0.25, 0.3) is 0 Å². The van der Waals surface area contributed by atoms with Gasteiger partial charge >= 0.3 is 6.18 Å². The fraction of sp³-hybridized carbons (Fsp3) is 0.429. The number of ether oxygens (including phenoxy) is 1. The number of anilines is 1. The molecule has 0 heterocycles. The first kappa shape index (κ1) is 17.8. The predicted molar refractivity (Wildman–Crippen MR) is 74.9 cm³/mol. The summed E-state index contributed by atoms with van der Waals surface area (Å²) in [6.45, 7) is 0. The lowest BCUT2D eigenvalue weighted by Gasteiger charge is -2.15. The summed E-state index contributed by atoms with van der Waals surface area (Å²) in [7, 11) is 4.50. The largest absolute Gasteiger partial charge is 0.496 e. The molecule has 0 aromatic heterocycles. The number of rotatable bonds is 5. The molecule has 5 nitrogen and oxygen atoms in total. The van der Waals surface area contributed by atoms with Gasteiger partial charge in [-0.1, -0.05) is 0 Å². The Bertz CT molecular complexity index is 557. The monoisotopic (exact) mass is 318 g/mol. The number of hydrogen-bond acceptors (Lipinski definition) is 3. The van der Waals surface area contributed by atoms with Crippen molar-refractivity contribution < 1.29 is 27.5 Å². The van der Waals surface area contributed by atoms with E-state index in [1.807, 2.05) is 0 Å². The summed E-state index contributed by atoms with van der Waals surface area (Å²) in [5.41, 5.74) is 0.444. The van der Waals surface area contributed by atoms with Gasteiger partial charge in [0.15, 0.2) is 0 Å². The molecule has 1 rings (SSSR count). The average molecular weight is 318 g/mol. The molecule has 0 aliphatic heterocycles. The molecule has 0 unspecified atom stereocenters. The Morgan fingerprint density at radius 3 is 2.41 bits per heavy atom. The number of amides is 2. The number of nitrogens with zero attached hydrogens (tertiary/aromatic N) is 1. The minimum atomic E-state index is -4.39. The number of alkyl halides is 3. The van der Waals surface area contributed by atoms with Gasteiger partial charge in [0.05, 0.1) is 19.1 Å². The molecule has 2 amide bonds. The van der Waals surface area contributed by atoms with E-state index in [0.29, 0.717) is 5.75 Å². The van der Waals surface area contributed by atoms with Gasteiger partial charge in [-0.15, -0.1) is 0 Å².